The Bertz CT molecular complexity index is 352. The maximum absolute atomic E-state index is 9.86. The van der Waals surface area contributed by atoms with Crippen LogP contribution < -0.4 is 5.32 Å². The Morgan fingerprint density at radius 3 is 2.63 bits per heavy atom. The van der Waals surface area contributed by atoms with E-state index in [-0.39, 0.29) is 0 Å². The summed E-state index contributed by atoms with van der Waals surface area (Å²) < 4.78 is 5.43. The van der Waals surface area contributed by atoms with Crippen LogP contribution in [0, 0.1) is 5.92 Å². The molecule has 0 aliphatic heterocycles. The number of aryl methyl sites for hydroxylation is 1. The molecule has 2 N–H and O–H groups in total. The quantitative estimate of drug-likeness (QED) is 0.721. The van der Waals surface area contributed by atoms with E-state index < -0.39 is 6.10 Å². The van der Waals surface area contributed by atoms with Gasteiger partial charge in [0.1, 0.15) is 0 Å². The van der Waals surface area contributed by atoms with Gasteiger partial charge in [-0.2, -0.15) is 0 Å². The maximum atomic E-state index is 9.86. The van der Waals surface area contributed by atoms with E-state index >= 15 is 0 Å². The molecule has 0 amide bonds. The molecule has 0 fully saturated rings. The van der Waals surface area contributed by atoms with E-state index in [0.717, 1.165) is 18.5 Å². The average Bonchev–Trinajstić information content (AvgIpc) is 2.37. The standard InChI is InChI=1S/C16H27NO2/c1-4-7-14-8-5-6-9-16(14)17-10-15(18)12-19-11-13(2)3/h5-6,8-9,13,15,17-18H,4,7,10-12H2,1-3H3. The minimum Gasteiger partial charge on any atom is -0.389 e. The van der Waals surface area contributed by atoms with Gasteiger partial charge in [0.25, 0.3) is 0 Å². The number of rotatable bonds is 9. The lowest BCUT2D eigenvalue weighted by atomic mass is 10.1. The number of nitrogens with one attached hydrogen (secondary N) is 1. The molecule has 1 unspecified atom stereocenters. The third kappa shape index (κ3) is 6.60. The molecule has 108 valence electrons. The van der Waals surface area contributed by atoms with Crippen LogP contribution in [0.2, 0.25) is 0 Å². The minimum atomic E-state index is -0.464. The largest absolute Gasteiger partial charge is 0.389 e. The van der Waals surface area contributed by atoms with Gasteiger partial charge in [-0.15, -0.1) is 0 Å². The molecule has 0 heterocycles. The molecule has 1 aromatic carbocycles. The highest BCUT2D eigenvalue weighted by Gasteiger charge is 2.06. The molecule has 0 bridgehead atoms. The highest BCUT2D eigenvalue weighted by Crippen LogP contribution is 2.16. The molecule has 19 heavy (non-hydrogen) atoms. The van der Waals surface area contributed by atoms with Gasteiger partial charge in [0, 0.05) is 18.8 Å². The summed E-state index contributed by atoms with van der Waals surface area (Å²) in [6.45, 7) is 7.99. The molecule has 3 nitrogen and oxygen atoms in total. The SMILES string of the molecule is CCCc1ccccc1NCC(O)COCC(C)C. The van der Waals surface area contributed by atoms with Crippen molar-refractivity contribution in [1.29, 1.82) is 0 Å². The van der Waals surface area contributed by atoms with Crippen LogP contribution in [-0.4, -0.2) is 31.0 Å². The molecule has 0 radical (unpaired) electrons. The van der Waals surface area contributed by atoms with Gasteiger partial charge in [0.15, 0.2) is 0 Å². The Hall–Kier alpha value is -1.06. The highest BCUT2D eigenvalue weighted by molar-refractivity contribution is 5.51. The minimum absolute atomic E-state index is 0.390. The Labute approximate surface area is 117 Å². The van der Waals surface area contributed by atoms with Gasteiger partial charge >= 0.3 is 0 Å². The van der Waals surface area contributed by atoms with Gasteiger partial charge in [0.2, 0.25) is 0 Å². The van der Waals surface area contributed by atoms with Crippen LogP contribution in [-0.2, 0) is 11.2 Å². The summed E-state index contributed by atoms with van der Waals surface area (Å²) in [5.74, 6) is 0.505. The van der Waals surface area contributed by atoms with Crippen molar-refractivity contribution < 1.29 is 9.84 Å². The lowest BCUT2D eigenvalue weighted by molar-refractivity contribution is 0.0318. The van der Waals surface area contributed by atoms with Crippen LogP contribution in [0.5, 0.6) is 0 Å². The van der Waals surface area contributed by atoms with E-state index in [1.165, 1.54) is 5.56 Å². The number of benzene rings is 1. The summed E-state index contributed by atoms with van der Waals surface area (Å²) in [6.07, 6.45) is 1.72. The lowest BCUT2D eigenvalue weighted by Crippen LogP contribution is -2.26. The third-order valence-electron chi connectivity index (χ3n) is 2.83. The summed E-state index contributed by atoms with van der Waals surface area (Å²) in [5, 5.41) is 13.2. The molecule has 1 aromatic rings. The van der Waals surface area contributed by atoms with Crippen LogP contribution in [0.3, 0.4) is 0 Å². The first kappa shape index (κ1) is 16.0. The van der Waals surface area contributed by atoms with Gasteiger partial charge in [-0.1, -0.05) is 45.4 Å². The van der Waals surface area contributed by atoms with Crippen molar-refractivity contribution in [3.63, 3.8) is 0 Å². The zero-order chi connectivity index (χ0) is 14.1. The normalized spacial score (nSPS) is 12.7. The van der Waals surface area contributed by atoms with Crippen molar-refractivity contribution in [2.45, 2.75) is 39.7 Å². The summed E-state index contributed by atoms with van der Waals surface area (Å²) in [5.41, 5.74) is 2.42. The monoisotopic (exact) mass is 265 g/mol. The van der Waals surface area contributed by atoms with Crippen molar-refractivity contribution in [3.8, 4) is 0 Å². The van der Waals surface area contributed by atoms with Gasteiger partial charge < -0.3 is 15.2 Å². The van der Waals surface area contributed by atoms with Crippen LogP contribution in [0.25, 0.3) is 0 Å². The van der Waals surface area contributed by atoms with Crippen LogP contribution in [0.15, 0.2) is 24.3 Å². The first-order chi connectivity index (χ1) is 9.13. The molecule has 1 atom stereocenters. The first-order valence-electron chi connectivity index (χ1n) is 7.21. The van der Waals surface area contributed by atoms with Crippen molar-refractivity contribution in [2.75, 3.05) is 25.1 Å². The van der Waals surface area contributed by atoms with Crippen molar-refractivity contribution >= 4 is 5.69 Å². The topological polar surface area (TPSA) is 41.5 Å². The number of aliphatic hydroxyl groups is 1. The van der Waals surface area contributed by atoms with E-state index in [4.69, 9.17) is 4.74 Å². The fourth-order valence-corrected chi connectivity index (χ4v) is 1.91. The summed E-state index contributed by atoms with van der Waals surface area (Å²) in [6, 6.07) is 8.27. The Kier molecular flexibility index (Phi) is 7.53. The second kappa shape index (κ2) is 8.94. The van der Waals surface area contributed by atoms with Crippen molar-refractivity contribution in [3.05, 3.63) is 29.8 Å². The highest BCUT2D eigenvalue weighted by atomic mass is 16.5. The molecule has 1 rings (SSSR count). The first-order valence-corrected chi connectivity index (χ1v) is 7.21. The van der Waals surface area contributed by atoms with Crippen molar-refractivity contribution in [2.24, 2.45) is 5.92 Å². The predicted molar refractivity (Wildman–Crippen MR) is 80.6 cm³/mol. The Morgan fingerprint density at radius 1 is 1.21 bits per heavy atom. The number of ether oxygens (including phenoxy) is 1. The van der Waals surface area contributed by atoms with Crippen LogP contribution >= 0.6 is 0 Å². The molecular weight excluding hydrogens is 238 g/mol. The van der Waals surface area contributed by atoms with E-state index in [0.29, 0.717) is 25.7 Å². The molecule has 0 aliphatic rings. The Morgan fingerprint density at radius 2 is 1.95 bits per heavy atom. The van der Waals surface area contributed by atoms with E-state index in [2.05, 4.69) is 44.3 Å². The lowest BCUT2D eigenvalue weighted by Gasteiger charge is -2.16. The fraction of sp³-hybridized carbons (Fsp3) is 0.625. The zero-order valence-corrected chi connectivity index (χ0v) is 12.4. The van der Waals surface area contributed by atoms with E-state index in [1.807, 2.05) is 6.07 Å². The van der Waals surface area contributed by atoms with Gasteiger partial charge in [-0.05, 0) is 24.0 Å². The number of hydrogen-bond acceptors (Lipinski definition) is 3. The number of para-hydroxylation sites is 1. The third-order valence-corrected chi connectivity index (χ3v) is 2.83. The second-order valence-electron chi connectivity index (χ2n) is 5.37. The average molecular weight is 265 g/mol. The molecule has 3 heteroatoms. The number of aliphatic hydroxyl groups excluding tert-OH is 1. The van der Waals surface area contributed by atoms with Gasteiger partial charge in [-0.3, -0.25) is 0 Å². The fourth-order valence-electron chi connectivity index (χ4n) is 1.91. The Balaban J connectivity index is 2.35. The van der Waals surface area contributed by atoms with Crippen molar-refractivity contribution in [1.82, 2.24) is 0 Å². The second-order valence-corrected chi connectivity index (χ2v) is 5.37. The van der Waals surface area contributed by atoms with E-state index in [1.54, 1.807) is 0 Å². The molecule has 0 saturated heterocycles. The smallest absolute Gasteiger partial charge is 0.0945 e. The number of anilines is 1. The number of hydrogen-bond donors (Lipinski definition) is 2. The maximum Gasteiger partial charge on any atom is 0.0945 e. The summed E-state index contributed by atoms with van der Waals surface area (Å²) in [7, 11) is 0. The predicted octanol–water partition coefficient (Wildman–Crippen LogP) is 3.08. The molecule has 0 aromatic heterocycles. The van der Waals surface area contributed by atoms with Crippen LogP contribution in [0.1, 0.15) is 32.8 Å². The van der Waals surface area contributed by atoms with Gasteiger partial charge in [-0.25, -0.2) is 0 Å². The zero-order valence-electron chi connectivity index (χ0n) is 12.4. The molecule has 0 aliphatic carbocycles. The molecule has 0 spiro atoms. The van der Waals surface area contributed by atoms with E-state index in [9.17, 15) is 5.11 Å². The summed E-state index contributed by atoms with van der Waals surface area (Å²) >= 11 is 0. The molecular formula is C16H27NO2. The summed E-state index contributed by atoms with van der Waals surface area (Å²) in [4.78, 5) is 0. The molecule has 0 saturated carbocycles. The van der Waals surface area contributed by atoms with Crippen LogP contribution in [0.4, 0.5) is 5.69 Å². The van der Waals surface area contributed by atoms with Gasteiger partial charge in [0.05, 0.1) is 12.7 Å².